The maximum Gasteiger partial charge on any atom is 0.222 e. The summed E-state index contributed by atoms with van der Waals surface area (Å²) in [4.78, 5) is 8.12. The first-order valence-electron chi connectivity index (χ1n) is 5.45. The highest BCUT2D eigenvalue weighted by molar-refractivity contribution is 5.70. The molecule has 0 saturated heterocycles. The fourth-order valence-corrected chi connectivity index (χ4v) is 2.20. The largest absolute Gasteiger partial charge is 0.384 e. The van der Waals surface area contributed by atoms with E-state index in [0.717, 1.165) is 11.3 Å². The SMILES string of the molecule is Cc1cc(C)c(-c2cc(N)nc(N)n2)c(C)c1. The zero-order valence-corrected chi connectivity index (χ0v) is 10.3. The highest BCUT2D eigenvalue weighted by atomic mass is 15.0. The molecule has 0 aliphatic rings. The van der Waals surface area contributed by atoms with Crippen LogP contribution in [0.3, 0.4) is 0 Å². The number of rotatable bonds is 1. The molecule has 2 aromatic rings. The Balaban J connectivity index is 2.68. The molecule has 0 amide bonds. The molecule has 1 aromatic heterocycles. The van der Waals surface area contributed by atoms with Crippen molar-refractivity contribution in [3.8, 4) is 11.3 Å². The van der Waals surface area contributed by atoms with E-state index < -0.39 is 0 Å². The average Bonchev–Trinajstić information content (AvgIpc) is 2.13. The van der Waals surface area contributed by atoms with Gasteiger partial charge >= 0.3 is 0 Å². The van der Waals surface area contributed by atoms with Gasteiger partial charge in [0.2, 0.25) is 5.95 Å². The van der Waals surface area contributed by atoms with Gasteiger partial charge in [-0.05, 0) is 31.9 Å². The van der Waals surface area contributed by atoms with Crippen molar-refractivity contribution >= 4 is 11.8 Å². The molecule has 17 heavy (non-hydrogen) atoms. The van der Waals surface area contributed by atoms with Gasteiger partial charge in [-0.25, -0.2) is 4.98 Å². The predicted octanol–water partition coefficient (Wildman–Crippen LogP) is 2.23. The second kappa shape index (κ2) is 4.05. The van der Waals surface area contributed by atoms with Gasteiger partial charge in [0.05, 0.1) is 5.69 Å². The number of nitrogens with two attached hydrogens (primary N) is 2. The number of aromatic nitrogens is 2. The van der Waals surface area contributed by atoms with Crippen LogP contribution in [0.25, 0.3) is 11.3 Å². The molecule has 4 N–H and O–H groups in total. The van der Waals surface area contributed by atoms with E-state index in [1.165, 1.54) is 16.7 Å². The van der Waals surface area contributed by atoms with E-state index in [0.29, 0.717) is 5.82 Å². The van der Waals surface area contributed by atoms with E-state index in [1.54, 1.807) is 6.07 Å². The van der Waals surface area contributed by atoms with Crippen LogP contribution in [0.2, 0.25) is 0 Å². The van der Waals surface area contributed by atoms with Gasteiger partial charge in [0.25, 0.3) is 0 Å². The minimum atomic E-state index is 0.208. The minimum Gasteiger partial charge on any atom is -0.384 e. The Morgan fingerprint density at radius 2 is 1.47 bits per heavy atom. The Labute approximate surface area is 101 Å². The first-order chi connectivity index (χ1) is 7.97. The molecule has 4 heteroatoms. The molecule has 0 bridgehead atoms. The summed E-state index contributed by atoms with van der Waals surface area (Å²) in [5, 5.41) is 0. The second-order valence-corrected chi connectivity index (χ2v) is 4.31. The zero-order valence-electron chi connectivity index (χ0n) is 10.3. The number of hydrogen-bond acceptors (Lipinski definition) is 4. The van der Waals surface area contributed by atoms with E-state index in [9.17, 15) is 0 Å². The van der Waals surface area contributed by atoms with Crippen LogP contribution in [-0.2, 0) is 0 Å². The third kappa shape index (κ3) is 2.20. The Bertz CT molecular complexity index is 532. The van der Waals surface area contributed by atoms with E-state index >= 15 is 0 Å². The fourth-order valence-electron chi connectivity index (χ4n) is 2.20. The van der Waals surface area contributed by atoms with E-state index in [-0.39, 0.29) is 5.95 Å². The molecule has 0 aliphatic carbocycles. The van der Waals surface area contributed by atoms with Crippen molar-refractivity contribution in [2.45, 2.75) is 20.8 Å². The summed E-state index contributed by atoms with van der Waals surface area (Å²) >= 11 is 0. The quantitative estimate of drug-likeness (QED) is 0.784. The van der Waals surface area contributed by atoms with Crippen molar-refractivity contribution < 1.29 is 0 Å². The highest BCUT2D eigenvalue weighted by Gasteiger charge is 2.09. The summed E-state index contributed by atoms with van der Waals surface area (Å²) in [6.07, 6.45) is 0. The first kappa shape index (κ1) is 11.4. The van der Waals surface area contributed by atoms with Crippen LogP contribution in [-0.4, -0.2) is 9.97 Å². The fraction of sp³-hybridized carbons (Fsp3) is 0.231. The maximum absolute atomic E-state index is 5.70. The number of hydrogen-bond donors (Lipinski definition) is 2. The summed E-state index contributed by atoms with van der Waals surface area (Å²) in [7, 11) is 0. The van der Waals surface area contributed by atoms with Crippen LogP contribution in [0.4, 0.5) is 11.8 Å². The highest BCUT2D eigenvalue weighted by Crippen LogP contribution is 2.28. The van der Waals surface area contributed by atoms with Gasteiger partial charge in [0.15, 0.2) is 0 Å². The minimum absolute atomic E-state index is 0.208. The van der Waals surface area contributed by atoms with Crippen LogP contribution in [0.5, 0.6) is 0 Å². The second-order valence-electron chi connectivity index (χ2n) is 4.31. The summed E-state index contributed by atoms with van der Waals surface area (Å²) < 4.78 is 0. The van der Waals surface area contributed by atoms with Crippen LogP contribution in [0, 0.1) is 20.8 Å². The van der Waals surface area contributed by atoms with Crippen molar-refractivity contribution in [1.29, 1.82) is 0 Å². The van der Waals surface area contributed by atoms with Gasteiger partial charge in [-0.15, -0.1) is 0 Å². The normalized spacial score (nSPS) is 10.5. The topological polar surface area (TPSA) is 77.8 Å². The maximum atomic E-state index is 5.70. The molecule has 88 valence electrons. The molecular formula is C13H16N4. The van der Waals surface area contributed by atoms with Crippen molar-refractivity contribution in [2.24, 2.45) is 0 Å². The Morgan fingerprint density at radius 3 is 2.00 bits per heavy atom. The Kier molecular flexibility index (Phi) is 2.71. The number of anilines is 2. The molecule has 0 aliphatic heterocycles. The first-order valence-corrected chi connectivity index (χ1v) is 5.45. The molecule has 0 radical (unpaired) electrons. The smallest absolute Gasteiger partial charge is 0.222 e. The van der Waals surface area contributed by atoms with E-state index in [2.05, 4.69) is 42.9 Å². The molecule has 0 saturated carbocycles. The van der Waals surface area contributed by atoms with Crippen molar-refractivity contribution in [1.82, 2.24) is 9.97 Å². The van der Waals surface area contributed by atoms with Gasteiger partial charge in [-0.3, -0.25) is 0 Å². The van der Waals surface area contributed by atoms with Crippen molar-refractivity contribution in [2.75, 3.05) is 11.5 Å². The number of nitrogen functional groups attached to an aromatic ring is 2. The van der Waals surface area contributed by atoms with Crippen LogP contribution < -0.4 is 11.5 Å². The van der Waals surface area contributed by atoms with Crippen molar-refractivity contribution in [3.05, 3.63) is 34.9 Å². The zero-order chi connectivity index (χ0) is 12.6. The average molecular weight is 228 g/mol. The van der Waals surface area contributed by atoms with E-state index in [1.807, 2.05) is 0 Å². The Hall–Kier alpha value is -2.10. The molecule has 0 fully saturated rings. The molecule has 4 nitrogen and oxygen atoms in total. The third-order valence-corrected chi connectivity index (χ3v) is 2.70. The number of benzene rings is 1. The third-order valence-electron chi connectivity index (χ3n) is 2.70. The molecule has 1 heterocycles. The lowest BCUT2D eigenvalue weighted by Crippen LogP contribution is -2.02. The Morgan fingerprint density at radius 1 is 0.882 bits per heavy atom. The monoisotopic (exact) mass is 228 g/mol. The van der Waals surface area contributed by atoms with Gasteiger partial charge in [0.1, 0.15) is 5.82 Å². The van der Waals surface area contributed by atoms with Crippen LogP contribution >= 0.6 is 0 Å². The predicted molar refractivity (Wildman–Crippen MR) is 70.5 cm³/mol. The van der Waals surface area contributed by atoms with Gasteiger partial charge < -0.3 is 11.5 Å². The van der Waals surface area contributed by atoms with Gasteiger partial charge in [-0.2, -0.15) is 4.98 Å². The van der Waals surface area contributed by atoms with Crippen molar-refractivity contribution in [3.63, 3.8) is 0 Å². The molecule has 1 aromatic carbocycles. The molecule has 0 spiro atoms. The summed E-state index contributed by atoms with van der Waals surface area (Å²) in [6, 6.07) is 5.99. The van der Waals surface area contributed by atoms with Crippen LogP contribution in [0.1, 0.15) is 16.7 Å². The van der Waals surface area contributed by atoms with Gasteiger partial charge in [-0.1, -0.05) is 17.7 Å². The number of nitrogens with zero attached hydrogens (tertiary/aromatic N) is 2. The summed E-state index contributed by atoms with van der Waals surface area (Å²) in [6.45, 7) is 6.19. The number of aryl methyl sites for hydroxylation is 3. The summed E-state index contributed by atoms with van der Waals surface area (Å²) in [5.74, 6) is 0.603. The lowest BCUT2D eigenvalue weighted by molar-refractivity contribution is 1.18. The lowest BCUT2D eigenvalue weighted by atomic mass is 9.97. The standard InChI is InChI=1S/C13H16N4/c1-7-4-8(2)12(9(3)5-7)10-6-11(14)17-13(15)16-10/h4-6H,1-3H3,(H4,14,15,16,17). The van der Waals surface area contributed by atoms with Crippen LogP contribution in [0.15, 0.2) is 18.2 Å². The van der Waals surface area contributed by atoms with E-state index in [4.69, 9.17) is 11.5 Å². The summed E-state index contributed by atoms with van der Waals surface area (Å²) in [5.41, 5.74) is 16.8. The molecular weight excluding hydrogens is 212 g/mol. The molecule has 0 atom stereocenters. The van der Waals surface area contributed by atoms with Gasteiger partial charge in [0, 0.05) is 11.6 Å². The molecule has 0 unspecified atom stereocenters. The molecule has 2 rings (SSSR count). The lowest BCUT2D eigenvalue weighted by Gasteiger charge is -2.11.